The SMILES string of the molecule is CC(C)CCOC(C)(C)CCNC(=O)CCl.CO.S. The third-order valence-corrected chi connectivity index (χ3v) is 2.60. The molecule has 0 aliphatic carbocycles. The lowest BCUT2D eigenvalue weighted by Crippen LogP contribution is -2.33. The van der Waals surface area contributed by atoms with Crippen LogP contribution in [-0.2, 0) is 9.53 Å². The summed E-state index contributed by atoms with van der Waals surface area (Å²) in [7, 11) is 1.00. The molecule has 0 aliphatic rings. The quantitative estimate of drug-likeness (QED) is 0.676. The van der Waals surface area contributed by atoms with E-state index in [2.05, 4.69) is 19.2 Å². The maximum Gasteiger partial charge on any atom is 0.234 e. The van der Waals surface area contributed by atoms with E-state index in [1.165, 1.54) is 0 Å². The first-order valence-corrected chi connectivity index (χ1v) is 6.82. The Balaban J connectivity index is -0.000000809. The van der Waals surface area contributed by atoms with Crippen LogP contribution in [0.15, 0.2) is 0 Å². The van der Waals surface area contributed by atoms with Crippen LogP contribution in [0.25, 0.3) is 0 Å². The number of ether oxygens (including phenoxy) is 1. The lowest BCUT2D eigenvalue weighted by molar-refractivity contribution is -0.118. The van der Waals surface area contributed by atoms with E-state index in [0.717, 1.165) is 26.6 Å². The molecule has 118 valence electrons. The van der Waals surface area contributed by atoms with E-state index in [0.29, 0.717) is 12.5 Å². The molecule has 0 atom stereocenters. The fraction of sp³-hybridized carbons (Fsp3) is 0.923. The van der Waals surface area contributed by atoms with E-state index < -0.39 is 0 Å². The molecule has 0 spiro atoms. The van der Waals surface area contributed by atoms with Gasteiger partial charge in [-0.15, -0.1) is 11.6 Å². The van der Waals surface area contributed by atoms with E-state index in [1.807, 2.05) is 13.8 Å². The third-order valence-electron chi connectivity index (χ3n) is 2.36. The molecule has 19 heavy (non-hydrogen) atoms. The second-order valence-electron chi connectivity index (χ2n) is 5.02. The zero-order valence-electron chi connectivity index (χ0n) is 12.8. The second kappa shape index (κ2) is 14.4. The Morgan fingerprint density at radius 1 is 1.37 bits per heavy atom. The number of alkyl halides is 1. The standard InChI is InChI=1S/C12H24ClNO2.CH4O.H2S/c1-10(2)5-8-16-12(3,4)6-7-14-11(15)9-13;1-2;/h10H,5-9H2,1-4H3,(H,14,15);2H,1H3;1H2. The molecule has 4 nitrogen and oxygen atoms in total. The van der Waals surface area contributed by atoms with Crippen molar-refractivity contribution in [3.63, 3.8) is 0 Å². The van der Waals surface area contributed by atoms with Crippen molar-refractivity contribution in [1.29, 1.82) is 0 Å². The molecule has 0 fully saturated rings. The van der Waals surface area contributed by atoms with Gasteiger partial charge in [-0.3, -0.25) is 4.79 Å². The zero-order chi connectivity index (χ0) is 14.6. The first kappa shape index (κ1) is 24.1. The Hall–Kier alpha value is 0.0300. The summed E-state index contributed by atoms with van der Waals surface area (Å²) in [6, 6.07) is 0. The minimum Gasteiger partial charge on any atom is -0.400 e. The molecule has 2 N–H and O–H groups in total. The normalized spacial score (nSPS) is 10.3. The van der Waals surface area contributed by atoms with Crippen LogP contribution in [0.1, 0.15) is 40.5 Å². The van der Waals surface area contributed by atoms with E-state index in [1.54, 1.807) is 0 Å². The fourth-order valence-corrected chi connectivity index (χ4v) is 1.29. The lowest BCUT2D eigenvalue weighted by Gasteiger charge is -2.26. The number of carbonyl (C=O) groups excluding carboxylic acids is 1. The average molecular weight is 316 g/mol. The second-order valence-corrected chi connectivity index (χ2v) is 5.29. The molecule has 0 aliphatic heterocycles. The lowest BCUT2D eigenvalue weighted by atomic mass is 10.0. The van der Waals surface area contributed by atoms with Crippen molar-refractivity contribution in [3.8, 4) is 0 Å². The minimum atomic E-state index is -0.186. The largest absolute Gasteiger partial charge is 0.400 e. The van der Waals surface area contributed by atoms with Crippen molar-refractivity contribution in [2.24, 2.45) is 5.92 Å². The summed E-state index contributed by atoms with van der Waals surface area (Å²) in [5, 5.41) is 9.74. The third kappa shape index (κ3) is 18.0. The number of aliphatic hydroxyl groups is 1. The molecule has 0 rings (SSSR count). The molecule has 6 heteroatoms. The van der Waals surface area contributed by atoms with Gasteiger partial charge in [0.15, 0.2) is 0 Å². The van der Waals surface area contributed by atoms with Crippen LogP contribution < -0.4 is 5.32 Å². The van der Waals surface area contributed by atoms with E-state index in [-0.39, 0.29) is 30.9 Å². The molecular weight excluding hydrogens is 286 g/mol. The number of nitrogens with one attached hydrogen (secondary N) is 1. The Morgan fingerprint density at radius 3 is 2.32 bits per heavy atom. The van der Waals surface area contributed by atoms with Gasteiger partial charge in [0.05, 0.1) is 5.60 Å². The van der Waals surface area contributed by atoms with Crippen LogP contribution in [0.3, 0.4) is 0 Å². The van der Waals surface area contributed by atoms with Gasteiger partial charge in [0.1, 0.15) is 5.88 Å². The average Bonchev–Trinajstić information content (AvgIpc) is 2.30. The van der Waals surface area contributed by atoms with Crippen LogP contribution in [0.5, 0.6) is 0 Å². The first-order valence-electron chi connectivity index (χ1n) is 6.29. The predicted octanol–water partition coefficient (Wildman–Crippen LogP) is 2.29. The Labute approximate surface area is 129 Å². The van der Waals surface area contributed by atoms with Crippen LogP contribution in [0.4, 0.5) is 0 Å². The van der Waals surface area contributed by atoms with Gasteiger partial charge in [-0.1, -0.05) is 13.8 Å². The summed E-state index contributed by atoms with van der Waals surface area (Å²) in [4.78, 5) is 10.9. The maximum absolute atomic E-state index is 10.9. The summed E-state index contributed by atoms with van der Waals surface area (Å²) in [6.45, 7) is 9.82. The maximum atomic E-state index is 10.9. The van der Waals surface area contributed by atoms with Crippen molar-refractivity contribution in [2.75, 3.05) is 26.1 Å². The predicted molar refractivity (Wildman–Crippen MR) is 86.4 cm³/mol. The summed E-state index contributed by atoms with van der Waals surface area (Å²) < 4.78 is 5.77. The van der Waals surface area contributed by atoms with Gasteiger partial charge < -0.3 is 15.2 Å². The Kier molecular flexibility index (Phi) is 18.3. The molecule has 0 radical (unpaired) electrons. The van der Waals surface area contributed by atoms with Crippen LogP contribution in [-0.4, -0.2) is 42.8 Å². The Bertz CT molecular complexity index is 214. The van der Waals surface area contributed by atoms with Crippen LogP contribution in [0.2, 0.25) is 0 Å². The molecule has 0 unspecified atom stereocenters. The molecule has 0 aromatic heterocycles. The molecule has 0 heterocycles. The van der Waals surface area contributed by atoms with Crippen LogP contribution >= 0.6 is 25.1 Å². The van der Waals surface area contributed by atoms with E-state index in [4.69, 9.17) is 21.4 Å². The van der Waals surface area contributed by atoms with Gasteiger partial charge in [-0.05, 0) is 32.6 Å². The molecule has 0 saturated heterocycles. The van der Waals surface area contributed by atoms with Crippen LogP contribution in [0, 0.1) is 5.92 Å². The minimum absolute atomic E-state index is 0. The molecule has 0 aromatic carbocycles. The number of aliphatic hydroxyl groups excluding tert-OH is 1. The van der Waals surface area contributed by atoms with E-state index >= 15 is 0 Å². The van der Waals surface area contributed by atoms with Gasteiger partial charge in [-0.25, -0.2) is 0 Å². The zero-order valence-corrected chi connectivity index (χ0v) is 14.5. The monoisotopic (exact) mass is 315 g/mol. The summed E-state index contributed by atoms with van der Waals surface area (Å²) in [6.07, 6.45) is 1.87. The van der Waals surface area contributed by atoms with Crippen molar-refractivity contribution >= 4 is 31.0 Å². The molecule has 0 bridgehead atoms. The number of halogens is 1. The summed E-state index contributed by atoms with van der Waals surface area (Å²) in [5.41, 5.74) is -0.186. The number of amides is 1. The van der Waals surface area contributed by atoms with Gasteiger partial charge >= 0.3 is 0 Å². The van der Waals surface area contributed by atoms with Crippen molar-refractivity contribution in [2.45, 2.75) is 46.1 Å². The highest BCUT2D eigenvalue weighted by atomic mass is 35.5. The summed E-state index contributed by atoms with van der Waals surface area (Å²) >= 11 is 5.38. The highest BCUT2D eigenvalue weighted by Gasteiger charge is 2.18. The summed E-state index contributed by atoms with van der Waals surface area (Å²) in [5.74, 6) is 0.556. The number of hydrogen-bond donors (Lipinski definition) is 2. The molecule has 1 amide bonds. The van der Waals surface area contributed by atoms with Gasteiger partial charge in [-0.2, -0.15) is 13.5 Å². The highest BCUT2D eigenvalue weighted by molar-refractivity contribution is 7.59. The van der Waals surface area contributed by atoms with Gasteiger partial charge in [0, 0.05) is 20.3 Å². The molecule has 0 aromatic rings. The highest BCUT2D eigenvalue weighted by Crippen LogP contribution is 2.15. The smallest absolute Gasteiger partial charge is 0.234 e. The topological polar surface area (TPSA) is 58.6 Å². The first-order chi connectivity index (χ1) is 8.37. The molecular formula is C13H30ClNO3S. The number of carbonyl (C=O) groups is 1. The van der Waals surface area contributed by atoms with Crippen molar-refractivity contribution in [1.82, 2.24) is 5.32 Å². The van der Waals surface area contributed by atoms with Crippen molar-refractivity contribution in [3.05, 3.63) is 0 Å². The molecule has 0 saturated carbocycles. The van der Waals surface area contributed by atoms with Gasteiger partial charge in [0.25, 0.3) is 0 Å². The van der Waals surface area contributed by atoms with Gasteiger partial charge in [0.2, 0.25) is 5.91 Å². The number of rotatable bonds is 8. The Morgan fingerprint density at radius 2 is 1.89 bits per heavy atom. The van der Waals surface area contributed by atoms with Crippen molar-refractivity contribution < 1.29 is 14.6 Å². The number of hydrogen-bond acceptors (Lipinski definition) is 3. The fourth-order valence-electron chi connectivity index (χ4n) is 1.19. The van der Waals surface area contributed by atoms with E-state index in [9.17, 15) is 4.79 Å².